The first-order chi connectivity index (χ1) is 8.70. The number of hydrogen-bond acceptors (Lipinski definition) is 1. The summed E-state index contributed by atoms with van der Waals surface area (Å²) in [6.07, 6.45) is 7.02. The fourth-order valence-corrected chi connectivity index (χ4v) is 1.46. The average Bonchev–Trinajstić information content (AvgIpc) is 2.42. The molecule has 0 spiro atoms. The second-order valence-electron chi connectivity index (χ2n) is 3.48. The number of hydrogen-bond donors (Lipinski definition) is 0. The molecule has 0 unspecified atom stereocenters. The van der Waals surface area contributed by atoms with Crippen LogP contribution in [-0.4, -0.2) is 5.78 Å². The van der Waals surface area contributed by atoms with Gasteiger partial charge in [-0.05, 0) is 19.4 Å². The molecule has 0 radical (unpaired) electrons. The van der Waals surface area contributed by atoms with E-state index in [0.29, 0.717) is 5.57 Å². The predicted octanol–water partition coefficient (Wildman–Crippen LogP) is 4.89. The molecule has 0 aliphatic rings. The van der Waals surface area contributed by atoms with Crippen LogP contribution in [0, 0.1) is 6.92 Å². The Hall–Kier alpha value is -1.89. The van der Waals surface area contributed by atoms with Crippen molar-refractivity contribution < 1.29 is 4.79 Å². The summed E-state index contributed by atoms with van der Waals surface area (Å²) in [5.41, 5.74) is 2.44. The third-order valence-corrected chi connectivity index (χ3v) is 2.37. The highest BCUT2D eigenvalue weighted by atomic mass is 16.1. The zero-order valence-electron chi connectivity index (χ0n) is 11.7. The molecule has 1 aromatic rings. The first-order valence-corrected chi connectivity index (χ1v) is 6.26. The summed E-state index contributed by atoms with van der Waals surface area (Å²) >= 11 is 0. The van der Waals surface area contributed by atoms with Crippen molar-refractivity contribution in [3.05, 3.63) is 71.8 Å². The van der Waals surface area contributed by atoms with Crippen LogP contribution in [0.4, 0.5) is 0 Å². The summed E-state index contributed by atoms with van der Waals surface area (Å²) in [4.78, 5) is 12.1. The molecular formula is C17H22O. The van der Waals surface area contributed by atoms with Crippen molar-refractivity contribution in [2.75, 3.05) is 0 Å². The monoisotopic (exact) mass is 242 g/mol. The van der Waals surface area contributed by atoms with Gasteiger partial charge >= 0.3 is 0 Å². The Labute approximate surface area is 111 Å². The second kappa shape index (κ2) is 9.17. The molecule has 0 amide bonds. The maximum absolute atomic E-state index is 12.1. The SMILES string of the molecule is C=C/C=C\C(=C/C)C(=O)c1ccccc1C.CC. The van der Waals surface area contributed by atoms with Gasteiger partial charge in [-0.15, -0.1) is 0 Å². The molecule has 0 bridgehead atoms. The van der Waals surface area contributed by atoms with Crippen molar-refractivity contribution in [1.82, 2.24) is 0 Å². The number of benzene rings is 1. The molecule has 0 atom stereocenters. The predicted molar refractivity (Wildman–Crippen MR) is 80.0 cm³/mol. The molecule has 0 saturated carbocycles. The fourth-order valence-electron chi connectivity index (χ4n) is 1.46. The van der Waals surface area contributed by atoms with Crippen molar-refractivity contribution in [2.45, 2.75) is 27.7 Å². The lowest BCUT2D eigenvalue weighted by Crippen LogP contribution is -2.03. The van der Waals surface area contributed by atoms with Crippen molar-refractivity contribution in [2.24, 2.45) is 0 Å². The Balaban J connectivity index is 0.00000137. The van der Waals surface area contributed by atoms with Gasteiger partial charge < -0.3 is 0 Å². The molecule has 0 fully saturated rings. The number of ketones is 1. The Morgan fingerprint density at radius 3 is 2.33 bits per heavy atom. The molecule has 1 aromatic carbocycles. The molecule has 96 valence electrons. The summed E-state index contributed by atoms with van der Waals surface area (Å²) < 4.78 is 0. The van der Waals surface area contributed by atoms with E-state index in [2.05, 4.69) is 6.58 Å². The van der Waals surface area contributed by atoms with Crippen LogP contribution < -0.4 is 0 Å². The smallest absolute Gasteiger partial charge is 0.192 e. The number of rotatable bonds is 4. The van der Waals surface area contributed by atoms with Crippen LogP contribution in [0.25, 0.3) is 0 Å². The molecule has 1 heteroatoms. The fraction of sp³-hybridized carbons (Fsp3) is 0.235. The summed E-state index contributed by atoms with van der Waals surface area (Å²) in [6, 6.07) is 7.60. The largest absolute Gasteiger partial charge is 0.289 e. The van der Waals surface area contributed by atoms with E-state index >= 15 is 0 Å². The lowest BCUT2D eigenvalue weighted by Gasteiger charge is -2.04. The molecular weight excluding hydrogens is 220 g/mol. The van der Waals surface area contributed by atoms with E-state index in [9.17, 15) is 4.79 Å². The highest BCUT2D eigenvalue weighted by molar-refractivity contribution is 6.11. The van der Waals surface area contributed by atoms with E-state index in [1.54, 1.807) is 18.2 Å². The number of carbonyl (C=O) groups is 1. The summed E-state index contributed by atoms with van der Waals surface area (Å²) in [7, 11) is 0. The first-order valence-electron chi connectivity index (χ1n) is 6.26. The minimum absolute atomic E-state index is 0.0544. The molecule has 0 aliphatic heterocycles. The Morgan fingerprint density at radius 1 is 1.22 bits per heavy atom. The van der Waals surface area contributed by atoms with E-state index < -0.39 is 0 Å². The number of carbonyl (C=O) groups excluding carboxylic acids is 1. The van der Waals surface area contributed by atoms with Gasteiger partial charge in [-0.25, -0.2) is 0 Å². The van der Waals surface area contributed by atoms with E-state index in [1.165, 1.54) is 0 Å². The van der Waals surface area contributed by atoms with Crippen LogP contribution in [-0.2, 0) is 0 Å². The van der Waals surface area contributed by atoms with Gasteiger partial charge in [0.15, 0.2) is 5.78 Å². The normalized spacial score (nSPS) is 10.8. The number of allylic oxidation sites excluding steroid dienone is 5. The van der Waals surface area contributed by atoms with Gasteiger partial charge in [0.2, 0.25) is 0 Å². The van der Waals surface area contributed by atoms with Crippen molar-refractivity contribution in [1.29, 1.82) is 0 Å². The second-order valence-corrected chi connectivity index (χ2v) is 3.48. The molecule has 0 N–H and O–H groups in total. The minimum atomic E-state index is 0.0544. The molecule has 0 aromatic heterocycles. The molecule has 1 rings (SSSR count). The zero-order chi connectivity index (χ0) is 14.0. The molecule has 0 aliphatic carbocycles. The molecule has 0 heterocycles. The summed E-state index contributed by atoms with van der Waals surface area (Å²) in [6.45, 7) is 11.4. The van der Waals surface area contributed by atoms with Crippen LogP contribution in [0.3, 0.4) is 0 Å². The van der Waals surface area contributed by atoms with Crippen LogP contribution in [0.1, 0.15) is 36.7 Å². The quantitative estimate of drug-likeness (QED) is 0.417. The minimum Gasteiger partial charge on any atom is -0.289 e. The third-order valence-electron chi connectivity index (χ3n) is 2.37. The Bertz CT molecular complexity index is 450. The Morgan fingerprint density at radius 2 is 1.83 bits per heavy atom. The first kappa shape index (κ1) is 16.1. The van der Waals surface area contributed by atoms with Gasteiger partial charge in [-0.3, -0.25) is 4.79 Å². The summed E-state index contributed by atoms with van der Waals surface area (Å²) in [5, 5.41) is 0. The molecule has 0 saturated heterocycles. The number of Topliss-reactive ketones (excluding diaryl/α,β-unsaturated/α-hetero) is 1. The van der Waals surface area contributed by atoms with Crippen LogP contribution in [0.2, 0.25) is 0 Å². The van der Waals surface area contributed by atoms with E-state index in [-0.39, 0.29) is 5.78 Å². The standard InChI is InChI=1S/C15H16O.C2H6/c1-4-6-10-13(5-2)15(16)14-11-8-7-9-12(14)3;1-2/h4-11H,1H2,2-3H3;1-2H3/b10-6-,13-5+;. The Kier molecular flexibility index (Phi) is 8.21. The van der Waals surface area contributed by atoms with Gasteiger partial charge in [0.25, 0.3) is 0 Å². The topological polar surface area (TPSA) is 17.1 Å². The third kappa shape index (κ3) is 4.54. The van der Waals surface area contributed by atoms with Crippen LogP contribution in [0.5, 0.6) is 0 Å². The van der Waals surface area contributed by atoms with Crippen molar-refractivity contribution >= 4 is 5.78 Å². The highest BCUT2D eigenvalue weighted by Gasteiger charge is 2.10. The van der Waals surface area contributed by atoms with Crippen molar-refractivity contribution in [3.8, 4) is 0 Å². The maximum Gasteiger partial charge on any atom is 0.192 e. The van der Waals surface area contributed by atoms with Crippen LogP contribution in [0.15, 0.2) is 60.7 Å². The van der Waals surface area contributed by atoms with E-state index in [4.69, 9.17) is 0 Å². The molecule has 18 heavy (non-hydrogen) atoms. The lowest BCUT2D eigenvalue weighted by atomic mass is 9.99. The van der Waals surface area contributed by atoms with E-state index in [0.717, 1.165) is 11.1 Å². The summed E-state index contributed by atoms with van der Waals surface area (Å²) in [5.74, 6) is 0.0544. The van der Waals surface area contributed by atoms with Crippen molar-refractivity contribution in [3.63, 3.8) is 0 Å². The van der Waals surface area contributed by atoms with Gasteiger partial charge in [-0.1, -0.05) is 69.0 Å². The van der Waals surface area contributed by atoms with Gasteiger partial charge in [0.05, 0.1) is 0 Å². The van der Waals surface area contributed by atoms with Crippen LogP contribution >= 0.6 is 0 Å². The number of aryl methyl sites for hydroxylation is 1. The molecule has 1 nitrogen and oxygen atoms in total. The maximum atomic E-state index is 12.1. The lowest BCUT2D eigenvalue weighted by molar-refractivity contribution is 0.103. The van der Waals surface area contributed by atoms with Gasteiger partial charge in [-0.2, -0.15) is 0 Å². The van der Waals surface area contributed by atoms with Gasteiger partial charge in [0.1, 0.15) is 0 Å². The van der Waals surface area contributed by atoms with E-state index in [1.807, 2.05) is 58.0 Å². The van der Waals surface area contributed by atoms with Gasteiger partial charge in [0, 0.05) is 11.1 Å². The zero-order valence-corrected chi connectivity index (χ0v) is 11.7. The average molecular weight is 242 g/mol. The highest BCUT2D eigenvalue weighted by Crippen LogP contribution is 2.13.